The molecule has 2 aromatic carbocycles. The van der Waals surface area contributed by atoms with Gasteiger partial charge in [0.2, 0.25) is 5.91 Å². The first-order chi connectivity index (χ1) is 18.5. The van der Waals surface area contributed by atoms with Gasteiger partial charge in [-0.25, -0.2) is 4.79 Å². The number of anilines is 1. The molecule has 0 heterocycles. The number of unbranched alkanes of at least 4 members (excludes halogenated alkanes) is 4. The number of carbonyl (C=O) groups excluding carboxylic acids is 3. The number of aryl methyl sites for hydroxylation is 3. The lowest BCUT2D eigenvalue weighted by Gasteiger charge is -2.32. The number of nitrogens with one attached hydrogen (secondary N) is 2. The second kappa shape index (κ2) is 15.3. The van der Waals surface area contributed by atoms with Crippen LogP contribution in [-0.2, 0) is 20.7 Å². The summed E-state index contributed by atoms with van der Waals surface area (Å²) in [4.78, 5) is 41.5. The zero-order valence-electron chi connectivity index (χ0n) is 24.9. The molecule has 0 bridgehead atoms. The highest BCUT2D eigenvalue weighted by Gasteiger charge is 2.32. The number of nitrogens with zero attached hydrogens (tertiary/aromatic N) is 1. The normalized spacial score (nSPS) is 12.0. The fourth-order valence-corrected chi connectivity index (χ4v) is 4.46. The molecule has 7 nitrogen and oxygen atoms in total. The molecule has 0 aliphatic rings. The molecular weight excluding hydrogens is 490 g/mol. The number of carbonyl (C=O) groups is 3. The van der Waals surface area contributed by atoms with Crippen molar-refractivity contribution in [2.45, 2.75) is 98.6 Å². The van der Waals surface area contributed by atoms with E-state index in [0.29, 0.717) is 6.54 Å². The van der Waals surface area contributed by atoms with Crippen molar-refractivity contribution >= 4 is 23.6 Å². The van der Waals surface area contributed by atoms with Gasteiger partial charge in [0, 0.05) is 12.2 Å². The summed E-state index contributed by atoms with van der Waals surface area (Å²) in [7, 11) is 0. The number of hydrogen-bond acceptors (Lipinski definition) is 4. The molecule has 1 atom stereocenters. The fraction of sp³-hybridized carbons (Fsp3) is 0.531. The molecule has 0 spiro atoms. The molecule has 0 aliphatic heterocycles. The van der Waals surface area contributed by atoms with E-state index in [1.54, 1.807) is 25.7 Å². The first kappa shape index (κ1) is 31.9. The number of ether oxygens (including phenoxy) is 1. The van der Waals surface area contributed by atoms with Gasteiger partial charge in [0.15, 0.2) is 0 Å². The summed E-state index contributed by atoms with van der Waals surface area (Å²) >= 11 is 0. The highest BCUT2D eigenvalue weighted by Crippen LogP contribution is 2.27. The van der Waals surface area contributed by atoms with Crippen LogP contribution in [0.5, 0.6) is 0 Å². The minimum atomic E-state index is -0.853. The smallest absolute Gasteiger partial charge is 0.408 e. The Bertz CT molecular complexity index is 1070. The molecule has 3 amide bonds. The van der Waals surface area contributed by atoms with Gasteiger partial charge in [-0.2, -0.15) is 0 Å². The van der Waals surface area contributed by atoms with Crippen molar-refractivity contribution in [1.29, 1.82) is 0 Å². The van der Waals surface area contributed by atoms with Crippen LogP contribution in [0.4, 0.5) is 10.5 Å². The summed E-state index contributed by atoms with van der Waals surface area (Å²) in [6.45, 7) is 13.6. The Morgan fingerprint density at radius 3 is 2.08 bits per heavy atom. The molecule has 7 heteroatoms. The van der Waals surface area contributed by atoms with Gasteiger partial charge in [-0.3, -0.25) is 9.59 Å². The van der Waals surface area contributed by atoms with Gasteiger partial charge < -0.3 is 20.3 Å². The van der Waals surface area contributed by atoms with Crippen molar-refractivity contribution in [2.75, 3.05) is 18.4 Å². The highest BCUT2D eigenvalue weighted by atomic mass is 16.6. The standard InChI is InChI=1S/C32H47N3O4/c1-8-10-11-12-13-21-35(27(36)22-33-31(38)39-32(5,6)7)29(26-19-17-25(9-2)18-20-26)30(37)34-28-23(3)15-14-16-24(28)4/h14-20,29H,8-13,21-22H2,1-7H3,(H,33,38)(H,34,37). The van der Waals surface area contributed by atoms with Crippen LogP contribution in [0, 0.1) is 13.8 Å². The molecule has 0 aliphatic carbocycles. The number of benzene rings is 2. The van der Waals surface area contributed by atoms with E-state index < -0.39 is 17.7 Å². The van der Waals surface area contributed by atoms with Crippen molar-refractivity contribution in [2.24, 2.45) is 0 Å². The minimum Gasteiger partial charge on any atom is -0.444 e. The lowest BCUT2D eigenvalue weighted by Crippen LogP contribution is -2.47. The summed E-state index contributed by atoms with van der Waals surface area (Å²) in [5.41, 5.74) is 3.85. The molecule has 0 saturated carbocycles. The topological polar surface area (TPSA) is 87.7 Å². The van der Waals surface area contributed by atoms with Crippen LogP contribution in [0.15, 0.2) is 42.5 Å². The van der Waals surface area contributed by atoms with Gasteiger partial charge in [-0.1, -0.05) is 82.0 Å². The number of alkyl carbamates (subject to hydrolysis) is 1. The third-order valence-electron chi connectivity index (χ3n) is 6.60. The molecule has 0 fully saturated rings. The van der Waals surface area contributed by atoms with Gasteiger partial charge in [0.25, 0.3) is 5.91 Å². The summed E-state index contributed by atoms with van der Waals surface area (Å²) in [5, 5.41) is 5.68. The predicted molar refractivity (Wildman–Crippen MR) is 158 cm³/mol. The van der Waals surface area contributed by atoms with Crippen molar-refractivity contribution in [3.8, 4) is 0 Å². The average molecular weight is 538 g/mol. The molecule has 39 heavy (non-hydrogen) atoms. The monoisotopic (exact) mass is 537 g/mol. The largest absolute Gasteiger partial charge is 0.444 e. The minimum absolute atomic E-state index is 0.260. The van der Waals surface area contributed by atoms with Crippen LogP contribution in [0.2, 0.25) is 0 Å². The van der Waals surface area contributed by atoms with Gasteiger partial charge in [-0.15, -0.1) is 0 Å². The Kier molecular flexibility index (Phi) is 12.5. The van der Waals surface area contributed by atoms with E-state index in [9.17, 15) is 14.4 Å². The molecule has 2 rings (SSSR count). The molecule has 0 aromatic heterocycles. The zero-order chi connectivity index (χ0) is 29.0. The van der Waals surface area contributed by atoms with Crippen molar-refractivity contribution in [3.63, 3.8) is 0 Å². The molecule has 214 valence electrons. The molecule has 1 unspecified atom stereocenters. The van der Waals surface area contributed by atoms with Gasteiger partial charge in [0.05, 0.1) is 0 Å². The maximum atomic E-state index is 14.0. The van der Waals surface area contributed by atoms with Crippen molar-refractivity contribution in [3.05, 3.63) is 64.7 Å². The summed E-state index contributed by atoms with van der Waals surface area (Å²) in [6.07, 6.45) is 5.24. The zero-order valence-corrected chi connectivity index (χ0v) is 24.9. The number of rotatable bonds is 13. The lowest BCUT2D eigenvalue weighted by molar-refractivity contribution is -0.138. The molecule has 2 aromatic rings. The second-order valence-electron chi connectivity index (χ2n) is 11.1. The quantitative estimate of drug-likeness (QED) is 0.273. The number of para-hydroxylation sites is 1. The van der Waals surface area contributed by atoms with E-state index in [1.165, 1.54) is 0 Å². The third-order valence-corrected chi connectivity index (χ3v) is 6.60. The number of amides is 3. The third kappa shape index (κ3) is 10.4. The maximum absolute atomic E-state index is 14.0. The van der Waals surface area contributed by atoms with Crippen molar-refractivity contribution < 1.29 is 19.1 Å². The first-order valence-corrected chi connectivity index (χ1v) is 14.2. The molecule has 2 N–H and O–H groups in total. The van der Waals surface area contributed by atoms with E-state index >= 15 is 0 Å². The fourth-order valence-electron chi connectivity index (χ4n) is 4.46. The van der Waals surface area contributed by atoms with Gasteiger partial charge in [-0.05, 0) is 69.7 Å². The molecular formula is C32H47N3O4. The lowest BCUT2D eigenvalue weighted by atomic mass is 10.00. The summed E-state index contributed by atoms with van der Waals surface area (Å²) < 4.78 is 5.32. The van der Waals surface area contributed by atoms with Crippen molar-refractivity contribution in [1.82, 2.24) is 10.2 Å². The van der Waals surface area contributed by atoms with E-state index in [0.717, 1.165) is 66.5 Å². The average Bonchev–Trinajstić information content (AvgIpc) is 2.88. The SMILES string of the molecule is CCCCCCCN(C(=O)CNC(=O)OC(C)(C)C)C(C(=O)Nc1c(C)cccc1C)c1ccc(CC)cc1. The van der Waals surface area contributed by atoms with E-state index in [4.69, 9.17) is 4.74 Å². The van der Waals surface area contributed by atoms with E-state index in [-0.39, 0.29) is 18.4 Å². The Morgan fingerprint density at radius 1 is 0.897 bits per heavy atom. The van der Waals surface area contributed by atoms with Gasteiger partial charge in [0.1, 0.15) is 18.2 Å². The number of hydrogen-bond donors (Lipinski definition) is 2. The van der Waals surface area contributed by atoms with Crippen LogP contribution in [-0.4, -0.2) is 41.5 Å². The van der Waals surface area contributed by atoms with Crippen LogP contribution >= 0.6 is 0 Å². The predicted octanol–water partition coefficient (Wildman–Crippen LogP) is 6.87. The van der Waals surface area contributed by atoms with Crippen LogP contribution in [0.25, 0.3) is 0 Å². The van der Waals surface area contributed by atoms with Gasteiger partial charge >= 0.3 is 6.09 Å². The highest BCUT2D eigenvalue weighted by molar-refractivity contribution is 5.99. The second-order valence-corrected chi connectivity index (χ2v) is 11.1. The van der Waals surface area contributed by atoms with E-state index in [2.05, 4.69) is 24.5 Å². The van der Waals surface area contributed by atoms with E-state index in [1.807, 2.05) is 56.3 Å². The maximum Gasteiger partial charge on any atom is 0.408 e. The molecule has 0 radical (unpaired) electrons. The Labute approximate surface area is 234 Å². The Hall–Kier alpha value is -3.35. The summed E-state index contributed by atoms with van der Waals surface area (Å²) in [5.74, 6) is -0.617. The first-order valence-electron chi connectivity index (χ1n) is 14.2. The van der Waals surface area contributed by atoms with Crippen LogP contribution in [0.1, 0.15) is 95.0 Å². The Morgan fingerprint density at radius 2 is 1.51 bits per heavy atom. The summed E-state index contributed by atoms with van der Waals surface area (Å²) in [6, 6.07) is 12.8. The molecule has 0 saturated heterocycles. The van der Waals surface area contributed by atoms with Crippen LogP contribution < -0.4 is 10.6 Å². The van der Waals surface area contributed by atoms with Crippen LogP contribution in [0.3, 0.4) is 0 Å². The Balaban J connectivity index is 2.41.